The zero-order chi connectivity index (χ0) is 6.85. The van der Waals surface area contributed by atoms with Gasteiger partial charge in [0.2, 0.25) is 0 Å². The lowest BCUT2D eigenvalue weighted by Crippen LogP contribution is -2.38. The predicted molar refractivity (Wildman–Crippen MR) is 31.5 cm³/mol. The van der Waals surface area contributed by atoms with Crippen molar-refractivity contribution in [2.24, 2.45) is 0 Å². The smallest absolute Gasteiger partial charge is 0.131 e. The van der Waals surface area contributed by atoms with Crippen LogP contribution in [-0.4, -0.2) is 29.0 Å². The van der Waals surface area contributed by atoms with Crippen molar-refractivity contribution < 1.29 is 14.9 Å². The average molecular weight is 131 g/mol. The van der Waals surface area contributed by atoms with Crippen LogP contribution >= 0.6 is 0 Å². The Bertz CT molecular complexity index is 88.3. The predicted octanol–water partition coefficient (Wildman–Crippen LogP) is -0.320. The molecule has 2 atom stereocenters. The minimum Gasteiger partial charge on any atom is -0.394 e. The Labute approximate surface area is 54.3 Å². The largest absolute Gasteiger partial charge is 0.394 e. The monoisotopic (exact) mass is 131 g/mol. The summed E-state index contributed by atoms with van der Waals surface area (Å²) in [5.41, 5.74) is 0. The van der Waals surface area contributed by atoms with Gasteiger partial charge in [0.15, 0.2) is 0 Å². The van der Waals surface area contributed by atoms with E-state index >= 15 is 0 Å². The fourth-order valence-electron chi connectivity index (χ4n) is 0.849. The van der Waals surface area contributed by atoms with Crippen molar-refractivity contribution in [3.8, 4) is 0 Å². The van der Waals surface area contributed by atoms with Gasteiger partial charge in [0, 0.05) is 6.42 Å². The summed E-state index contributed by atoms with van der Waals surface area (Å²) in [7, 11) is 0. The highest BCUT2D eigenvalue weighted by atomic mass is 16.5. The van der Waals surface area contributed by atoms with Gasteiger partial charge in [0.1, 0.15) is 12.2 Å². The molecule has 2 unspecified atom stereocenters. The van der Waals surface area contributed by atoms with Crippen LogP contribution in [0.4, 0.5) is 0 Å². The summed E-state index contributed by atoms with van der Waals surface area (Å²) in [6.45, 7) is 1.69. The van der Waals surface area contributed by atoms with Gasteiger partial charge in [-0.25, -0.2) is 0 Å². The van der Waals surface area contributed by atoms with Crippen LogP contribution in [0.3, 0.4) is 0 Å². The summed E-state index contributed by atoms with van der Waals surface area (Å²) < 4.78 is 5.00. The van der Waals surface area contributed by atoms with E-state index in [2.05, 4.69) is 0 Å². The number of hydrogen-bond donors (Lipinski definition) is 2. The Morgan fingerprint density at radius 3 is 2.78 bits per heavy atom. The topological polar surface area (TPSA) is 49.7 Å². The lowest BCUT2D eigenvalue weighted by atomic mass is 10.0. The van der Waals surface area contributed by atoms with Crippen molar-refractivity contribution >= 4 is 0 Å². The summed E-state index contributed by atoms with van der Waals surface area (Å²) in [4.78, 5) is 0. The number of hydrogen-bond acceptors (Lipinski definition) is 3. The van der Waals surface area contributed by atoms with Crippen molar-refractivity contribution in [3.05, 3.63) is 6.10 Å². The molecule has 1 aliphatic rings. The maximum absolute atomic E-state index is 8.88. The van der Waals surface area contributed by atoms with Crippen LogP contribution in [0.25, 0.3) is 0 Å². The molecule has 2 N–H and O–H groups in total. The Morgan fingerprint density at radius 1 is 1.89 bits per heavy atom. The third-order valence-corrected chi connectivity index (χ3v) is 1.39. The highest BCUT2D eigenvalue weighted by molar-refractivity contribution is 4.97. The second-order valence-corrected chi connectivity index (χ2v) is 2.30. The van der Waals surface area contributed by atoms with Gasteiger partial charge in [-0.3, -0.25) is 0 Å². The van der Waals surface area contributed by atoms with Crippen molar-refractivity contribution in [2.75, 3.05) is 6.61 Å². The summed E-state index contributed by atoms with van der Waals surface area (Å²) in [5.74, 6) is 0. The molecule has 9 heavy (non-hydrogen) atoms. The van der Waals surface area contributed by atoms with Crippen LogP contribution < -0.4 is 0 Å². The Hall–Kier alpha value is -0.120. The molecule has 1 rings (SSSR count). The van der Waals surface area contributed by atoms with Gasteiger partial charge in [0.25, 0.3) is 0 Å². The molecular formula is C6H11O3. The lowest BCUT2D eigenvalue weighted by molar-refractivity contribution is -0.0947. The number of aliphatic hydroxyl groups excluding tert-OH is 2. The minimum absolute atomic E-state index is 0.223. The fraction of sp³-hybridized carbons (Fsp3) is 0.833. The lowest BCUT2D eigenvalue weighted by Gasteiger charge is -2.34. The van der Waals surface area contributed by atoms with Crippen LogP contribution in [0.15, 0.2) is 0 Å². The second-order valence-electron chi connectivity index (χ2n) is 2.30. The van der Waals surface area contributed by atoms with E-state index in [1.165, 1.54) is 0 Å². The Balaban J connectivity index is 2.15. The number of ether oxygens (including phenoxy) is 1. The van der Waals surface area contributed by atoms with E-state index in [0.717, 1.165) is 6.42 Å². The highest BCUT2D eigenvalue weighted by Gasteiger charge is 2.33. The molecular weight excluding hydrogens is 120 g/mol. The van der Waals surface area contributed by atoms with E-state index < -0.39 is 6.10 Å². The minimum atomic E-state index is -0.763. The number of aliphatic hydroxyl groups is 2. The zero-order valence-electron chi connectivity index (χ0n) is 5.37. The summed E-state index contributed by atoms with van der Waals surface area (Å²) in [5, 5.41) is 17.3. The van der Waals surface area contributed by atoms with Crippen molar-refractivity contribution in [1.29, 1.82) is 0 Å². The van der Waals surface area contributed by atoms with E-state index in [-0.39, 0.29) is 12.7 Å². The molecule has 0 aliphatic carbocycles. The quantitative estimate of drug-likeness (QED) is 0.540. The zero-order valence-corrected chi connectivity index (χ0v) is 5.37. The van der Waals surface area contributed by atoms with Crippen molar-refractivity contribution in [1.82, 2.24) is 0 Å². The van der Waals surface area contributed by atoms with Gasteiger partial charge in [-0.1, -0.05) is 0 Å². The molecule has 1 fully saturated rings. The Kier molecular flexibility index (Phi) is 2.05. The van der Waals surface area contributed by atoms with E-state index in [0.29, 0.717) is 6.10 Å². The van der Waals surface area contributed by atoms with Crippen LogP contribution in [0, 0.1) is 6.10 Å². The summed E-state index contributed by atoms with van der Waals surface area (Å²) >= 11 is 0. The molecule has 0 aromatic heterocycles. The molecule has 0 saturated carbocycles. The molecule has 0 aromatic carbocycles. The van der Waals surface area contributed by atoms with E-state index in [1.807, 2.05) is 6.92 Å². The molecule has 3 nitrogen and oxygen atoms in total. The second kappa shape index (κ2) is 2.64. The molecule has 3 heteroatoms. The van der Waals surface area contributed by atoms with E-state index in [1.54, 1.807) is 0 Å². The number of rotatable bonds is 2. The highest BCUT2D eigenvalue weighted by Crippen LogP contribution is 2.29. The maximum atomic E-state index is 8.88. The third-order valence-electron chi connectivity index (χ3n) is 1.39. The molecule has 0 aromatic rings. The van der Waals surface area contributed by atoms with Gasteiger partial charge in [-0.15, -0.1) is 0 Å². The maximum Gasteiger partial charge on any atom is 0.131 e. The SMILES string of the molecule is CC1C[C](C(O)CO)O1. The van der Waals surface area contributed by atoms with E-state index in [9.17, 15) is 0 Å². The first-order valence-electron chi connectivity index (χ1n) is 3.05. The molecule has 0 spiro atoms. The van der Waals surface area contributed by atoms with E-state index in [4.69, 9.17) is 14.9 Å². The summed E-state index contributed by atoms with van der Waals surface area (Å²) in [6, 6.07) is 0. The van der Waals surface area contributed by atoms with Gasteiger partial charge < -0.3 is 14.9 Å². The van der Waals surface area contributed by atoms with Gasteiger partial charge in [-0.05, 0) is 6.92 Å². The van der Waals surface area contributed by atoms with Crippen molar-refractivity contribution in [2.45, 2.75) is 25.6 Å². The van der Waals surface area contributed by atoms with Crippen LogP contribution in [0.2, 0.25) is 0 Å². The first-order valence-corrected chi connectivity index (χ1v) is 3.05. The van der Waals surface area contributed by atoms with Crippen LogP contribution in [-0.2, 0) is 4.74 Å². The molecule has 1 radical (unpaired) electrons. The average Bonchev–Trinajstić information content (AvgIpc) is 1.79. The van der Waals surface area contributed by atoms with Crippen molar-refractivity contribution in [3.63, 3.8) is 0 Å². The first-order chi connectivity index (χ1) is 4.24. The molecule has 53 valence electrons. The van der Waals surface area contributed by atoms with Gasteiger partial charge >= 0.3 is 0 Å². The van der Waals surface area contributed by atoms with Crippen LogP contribution in [0.5, 0.6) is 0 Å². The normalized spacial score (nSPS) is 31.7. The standard InChI is InChI=1S/C6H11O3/c1-4-2-6(9-4)5(8)3-7/h4-5,7-8H,2-3H2,1H3. The third kappa shape index (κ3) is 1.41. The summed E-state index contributed by atoms with van der Waals surface area (Å²) in [6.07, 6.45) is 0.856. The molecule has 1 saturated heterocycles. The molecule has 1 aliphatic heterocycles. The first kappa shape index (κ1) is 6.99. The molecule has 0 bridgehead atoms. The van der Waals surface area contributed by atoms with Gasteiger partial charge in [-0.2, -0.15) is 0 Å². The van der Waals surface area contributed by atoms with Crippen LogP contribution in [0.1, 0.15) is 13.3 Å². The fourth-order valence-corrected chi connectivity index (χ4v) is 0.849. The Morgan fingerprint density at radius 2 is 2.44 bits per heavy atom. The van der Waals surface area contributed by atoms with Gasteiger partial charge in [0.05, 0.1) is 12.7 Å². The molecule has 1 heterocycles. The molecule has 0 amide bonds.